The van der Waals surface area contributed by atoms with Gasteiger partial charge in [-0.25, -0.2) is 0 Å². The molecule has 4 aliphatic heterocycles. The lowest BCUT2D eigenvalue weighted by Gasteiger charge is -2.65. The smallest absolute Gasteiger partial charge is 0.228 e. The average Bonchev–Trinajstić information content (AvgIpc) is 2.45. The molecule has 4 aliphatic rings. The van der Waals surface area contributed by atoms with E-state index in [0.29, 0.717) is 11.8 Å². The molecule has 4 rings (SSSR count). The van der Waals surface area contributed by atoms with Gasteiger partial charge in [0.05, 0.1) is 10.9 Å². The minimum Gasteiger partial charge on any atom is -0.360 e. The standard InChI is InChI=1S/C17H26N2OS/c1-16-7-3-4-9-18(16)15(20)13-10-12(16)11-19-14(21)6-5-8-17(13,19)2/h12-13H,3-11H2,1-2H3/t12-,13-,16-,17+/m0/s1. The van der Waals surface area contributed by atoms with Gasteiger partial charge in [0.15, 0.2) is 0 Å². The van der Waals surface area contributed by atoms with Crippen molar-refractivity contribution in [1.29, 1.82) is 0 Å². The Morgan fingerprint density at radius 1 is 1.10 bits per heavy atom. The molecule has 0 radical (unpaired) electrons. The van der Waals surface area contributed by atoms with Crippen molar-refractivity contribution in [1.82, 2.24) is 9.80 Å². The number of nitrogens with zero attached hydrogens (tertiary/aromatic N) is 2. The van der Waals surface area contributed by atoms with Gasteiger partial charge in [0.25, 0.3) is 0 Å². The van der Waals surface area contributed by atoms with Crippen LogP contribution in [0.15, 0.2) is 0 Å². The maximum atomic E-state index is 13.2. The molecule has 3 nitrogen and oxygen atoms in total. The molecule has 0 spiro atoms. The Labute approximate surface area is 133 Å². The van der Waals surface area contributed by atoms with Crippen molar-refractivity contribution >= 4 is 23.1 Å². The third kappa shape index (κ3) is 1.71. The summed E-state index contributed by atoms with van der Waals surface area (Å²) in [6, 6.07) is 0. The Balaban J connectivity index is 1.76. The van der Waals surface area contributed by atoms with Gasteiger partial charge >= 0.3 is 0 Å². The third-order valence-electron chi connectivity index (χ3n) is 7.04. The topological polar surface area (TPSA) is 23.6 Å². The number of amides is 1. The summed E-state index contributed by atoms with van der Waals surface area (Å²) in [5, 5.41) is 0. The van der Waals surface area contributed by atoms with Gasteiger partial charge in [-0.2, -0.15) is 0 Å². The molecule has 0 saturated carbocycles. The Hall–Kier alpha value is -0.640. The van der Waals surface area contributed by atoms with Crippen molar-refractivity contribution in [2.75, 3.05) is 13.1 Å². The molecule has 4 atom stereocenters. The highest BCUT2D eigenvalue weighted by Crippen LogP contribution is 2.53. The number of carbonyl (C=O) groups is 1. The first-order chi connectivity index (χ1) is 9.97. The molecule has 2 bridgehead atoms. The van der Waals surface area contributed by atoms with Gasteiger partial charge in [0, 0.05) is 30.1 Å². The van der Waals surface area contributed by atoms with E-state index in [0.717, 1.165) is 43.8 Å². The fourth-order valence-electron chi connectivity index (χ4n) is 5.59. The van der Waals surface area contributed by atoms with Crippen molar-refractivity contribution in [2.45, 2.75) is 69.9 Å². The average molecular weight is 306 g/mol. The van der Waals surface area contributed by atoms with Gasteiger partial charge in [0.1, 0.15) is 0 Å². The molecule has 4 fully saturated rings. The highest BCUT2D eigenvalue weighted by molar-refractivity contribution is 7.80. The number of hydrogen-bond acceptors (Lipinski definition) is 2. The van der Waals surface area contributed by atoms with E-state index < -0.39 is 0 Å². The maximum absolute atomic E-state index is 13.2. The van der Waals surface area contributed by atoms with Crippen LogP contribution in [0.4, 0.5) is 0 Å². The molecule has 116 valence electrons. The van der Waals surface area contributed by atoms with Crippen molar-refractivity contribution in [2.24, 2.45) is 11.8 Å². The summed E-state index contributed by atoms with van der Waals surface area (Å²) in [5.74, 6) is 1.19. The van der Waals surface area contributed by atoms with Gasteiger partial charge in [0.2, 0.25) is 5.91 Å². The van der Waals surface area contributed by atoms with Crippen molar-refractivity contribution in [3.63, 3.8) is 0 Å². The Bertz CT molecular complexity index is 507. The molecule has 0 aliphatic carbocycles. The van der Waals surface area contributed by atoms with Crippen LogP contribution in [0.25, 0.3) is 0 Å². The van der Waals surface area contributed by atoms with Gasteiger partial charge in [-0.05, 0) is 58.8 Å². The third-order valence-corrected chi connectivity index (χ3v) is 7.46. The summed E-state index contributed by atoms with van der Waals surface area (Å²) in [7, 11) is 0. The minimum atomic E-state index is -0.0122. The fraction of sp³-hybridized carbons (Fsp3) is 0.882. The highest BCUT2D eigenvalue weighted by Gasteiger charge is 2.60. The van der Waals surface area contributed by atoms with Gasteiger partial charge < -0.3 is 9.80 Å². The number of fused-ring (bicyclic) bond motifs is 6. The summed E-state index contributed by atoms with van der Waals surface area (Å²) < 4.78 is 0. The van der Waals surface area contributed by atoms with Gasteiger partial charge in [-0.1, -0.05) is 12.2 Å². The van der Waals surface area contributed by atoms with Gasteiger partial charge in [-0.3, -0.25) is 4.79 Å². The van der Waals surface area contributed by atoms with E-state index in [1.807, 2.05) is 0 Å². The van der Waals surface area contributed by atoms with Crippen LogP contribution in [-0.4, -0.2) is 44.9 Å². The van der Waals surface area contributed by atoms with E-state index in [1.54, 1.807) is 0 Å². The fourth-order valence-corrected chi connectivity index (χ4v) is 6.02. The monoisotopic (exact) mass is 306 g/mol. The molecule has 0 aromatic heterocycles. The molecule has 4 heteroatoms. The molecule has 0 N–H and O–H groups in total. The van der Waals surface area contributed by atoms with E-state index in [-0.39, 0.29) is 17.0 Å². The second-order valence-electron chi connectivity index (χ2n) is 8.00. The van der Waals surface area contributed by atoms with Crippen LogP contribution < -0.4 is 0 Å². The zero-order valence-corrected chi connectivity index (χ0v) is 14.0. The minimum absolute atomic E-state index is 0.0122. The van der Waals surface area contributed by atoms with Gasteiger partial charge in [-0.15, -0.1) is 0 Å². The molecule has 1 amide bonds. The number of thiocarbonyl (C=S) groups is 1. The van der Waals surface area contributed by atoms with Crippen LogP contribution in [0.3, 0.4) is 0 Å². The quantitative estimate of drug-likeness (QED) is 0.643. The van der Waals surface area contributed by atoms with E-state index in [4.69, 9.17) is 12.2 Å². The molecule has 0 unspecified atom stereocenters. The number of piperidine rings is 4. The summed E-state index contributed by atoms with van der Waals surface area (Å²) >= 11 is 5.68. The lowest BCUT2D eigenvalue weighted by atomic mass is 9.60. The van der Waals surface area contributed by atoms with Crippen LogP contribution in [0, 0.1) is 11.8 Å². The summed E-state index contributed by atoms with van der Waals surface area (Å²) in [5.41, 5.74) is 0.0713. The first kappa shape index (κ1) is 14.0. The van der Waals surface area contributed by atoms with E-state index in [1.165, 1.54) is 19.3 Å². The molecule has 21 heavy (non-hydrogen) atoms. The van der Waals surface area contributed by atoms with Crippen LogP contribution in [-0.2, 0) is 4.79 Å². The Kier molecular flexibility index (Phi) is 2.95. The number of carbonyl (C=O) groups excluding carboxylic acids is 1. The first-order valence-electron chi connectivity index (χ1n) is 8.59. The normalized spacial score (nSPS) is 46.2. The lowest BCUT2D eigenvalue weighted by Crippen LogP contribution is -2.74. The first-order valence-corrected chi connectivity index (χ1v) is 8.99. The van der Waals surface area contributed by atoms with E-state index in [2.05, 4.69) is 23.6 Å². The number of hydrogen-bond donors (Lipinski definition) is 0. The Morgan fingerprint density at radius 2 is 1.86 bits per heavy atom. The second kappa shape index (κ2) is 4.43. The molecular weight excluding hydrogens is 280 g/mol. The predicted molar refractivity (Wildman–Crippen MR) is 87.1 cm³/mol. The molecule has 4 saturated heterocycles. The zero-order valence-electron chi connectivity index (χ0n) is 13.2. The summed E-state index contributed by atoms with van der Waals surface area (Å²) in [6.45, 7) is 6.68. The molecule has 0 aromatic carbocycles. The SMILES string of the molecule is C[C@@]12CCCCN1C(=O)[C@@H]1C[C@H]2CN2C(=S)CCC[C@]12C. The van der Waals surface area contributed by atoms with E-state index in [9.17, 15) is 4.79 Å². The maximum Gasteiger partial charge on any atom is 0.228 e. The van der Waals surface area contributed by atoms with Crippen molar-refractivity contribution < 1.29 is 4.79 Å². The molecular formula is C17H26N2OS. The van der Waals surface area contributed by atoms with E-state index >= 15 is 0 Å². The van der Waals surface area contributed by atoms with Crippen LogP contribution in [0.2, 0.25) is 0 Å². The predicted octanol–water partition coefficient (Wildman–Crippen LogP) is 2.98. The van der Waals surface area contributed by atoms with Crippen LogP contribution >= 0.6 is 12.2 Å². The lowest BCUT2D eigenvalue weighted by molar-refractivity contribution is -0.174. The largest absolute Gasteiger partial charge is 0.360 e. The molecule has 0 aromatic rings. The summed E-state index contributed by atoms with van der Waals surface area (Å²) in [4.78, 5) is 19.0. The van der Waals surface area contributed by atoms with Crippen LogP contribution in [0.1, 0.15) is 58.8 Å². The van der Waals surface area contributed by atoms with Crippen molar-refractivity contribution in [3.05, 3.63) is 0 Å². The number of rotatable bonds is 0. The molecule has 4 heterocycles. The Morgan fingerprint density at radius 3 is 2.67 bits per heavy atom. The highest BCUT2D eigenvalue weighted by atomic mass is 32.1. The second-order valence-corrected chi connectivity index (χ2v) is 8.48. The summed E-state index contributed by atoms with van der Waals surface area (Å²) in [6.07, 6.45) is 8.02. The zero-order chi connectivity index (χ0) is 14.8. The van der Waals surface area contributed by atoms with Crippen molar-refractivity contribution in [3.8, 4) is 0 Å². The van der Waals surface area contributed by atoms with Crippen LogP contribution in [0.5, 0.6) is 0 Å².